The lowest BCUT2D eigenvalue weighted by atomic mass is 10.1. The lowest BCUT2D eigenvalue weighted by Crippen LogP contribution is -2.02. The van der Waals surface area contributed by atoms with Crippen molar-refractivity contribution < 1.29 is 14.6 Å². The summed E-state index contributed by atoms with van der Waals surface area (Å²) in [5.41, 5.74) is 1.65. The highest BCUT2D eigenvalue weighted by atomic mass is 16.5. The Balaban J connectivity index is 2.01. The lowest BCUT2D eigenvalue weighted by molar-refractivity contribution is 0.0956. The van der Waals surface area contributed by atoms with Crippen LogP contribution in [0.1, 0.15) is 22.3 Å². The van der Waals surface area contributed by atoms with Crippen molar-refractivity contribution >= 4 is 5.78 Å². The van der Waals surface area contributed by atoms with Crippen molar-refractivity contribution in [1.29, 1.82) is 0 Å². The molecule has 0 spiro atoms. The number of hydrogen-bond acceptors (Lipinski definition) is 3. The molecule has 0 aliphatic rings. The third-order valence-electron chi connectivity index (χ3n) is 2.74. The molecular weight excluding hydrogens is 240 g/mol. The van der Waals surface area contributed by atoms with Crippen molar-refractivity contribution in [2.75, 3.05) is 6.61 Å². The van der Waals surface area contributed by atoms with Crippen molar-refractivity contribution in [3.63, 3.8) is 0 Å². The fourth-order valence-corrected chi connectivity index (χ4v) is 1.75. The molecule has 2 aromatic rings. The Hall–Kier alpha value is -2.13. The first kappa shape index (κ1) is 13.3. The molecule has 0 amide bonds. The van der Waals surface area contributed by atoms with Gasteiger partial charge >= 0.3 is 0 Å². The maximum Gasteiger partial charge on any atom is 0.165 e. The van der Waals surface area contributed by atoms with E-state index in [4.69, 9.17) is 9.84 Å². The molecule has 2 rings (SSSR count). The van der Waals surface area contributed by atoms with Gasteiger partial charge in [0.2, 0.25) is 0 Å². The second-order valence-corrected chi connectivity index (χ2v) is 4.20. The lowest BCUT2D eigenvalue weighted by Gasteiger charge is -2.07. The molecule has 0 atom stereocenters. The van der Waals surface area contributed by atoms with E-state index in [2.05, 4.69) is 0 Å². The molecule has 0 saturated carbocycles. The third-order valence-corrected chi connectivity index (χ3v) is 2.74. The highest BCUT2D eigenvalue weighted by Crippen LogP contribution is 2.16. The minimum atomic E-state index is -0.131. The molecule has 0 aliphatic carbocycles. The summed E-state index contributed by atoms with van der Waals surface area (Å²) in [5.74, 6) is 0.584. The summed E-state index contributed by atoms with van der Waals surface area (Å²) in [7, 11) is 0. The minimum Gasteiger partial charge on any atom is -0.489 e. The van der Waals surface area contributed by atoms with Crippen LogP contribution >= 0.6 is 0 Å². The van der Waals surface area contributed by atoms with Crippen molar-refractivity contribution in [1.82, 2.24) is 0 Å². The van der Waals surface area contributed by atoms with E-state index in [1.54, 1.807) is 18.2 Å². The van der Waals surface area contributed by atoms with Crippen LogP contribution in [0.3, 0.4) is 0 Å². The average Bonchev–Trinajstić information content (AvgIpc) is 2.47. The van der Waals surface area contributed by atoms with Gasteiger partial charge in [-0.2, -0.15) is 0 Å². The molecule has 1 N–H and O–H groups in total. The number of aliphatic hydroxyl groups is 1. The Labute approximate surface area is 112 Å². The van der Waals surface area contributed by atoms with Gasteiger partial charge in [-0.05, 0) is 17.7 Å². The normalized spacial score (nSPS) is 10.2. The maximum absolute atomic E-state index is 11.7. The number of rotatable bonds is 6. The molecular formula is C16H16O3. The van der Waals surface area contributed by atoms with Crippen molar-refractivity contribution in [3.8, 4) is 5.75 Å². The van der Waals surface area contributed by atoms with Crippen LogP contribution in [0.25, 0.3) is 0 Å². The summed E-state index contributed by atoms with van der Waals surface area (Å²) in [6, 6.07) is 16.9. The van der Waals surface area contributed by atoms with E-state index in [-0.39, 0.29) is 18.8 Å². The summed E-state index contributed by atoms with van der Waals surface area (Å²) in [4.78, 5) is 11.7. The van der Waals surface area contributed by atoms with Gasteiger partial charge in [0.05, 0.1) is 6.61 Å². The summed E-state index contributed by atoms with van der Waals surface area (Å²) in [6.07, 6.45) is 0.141. The fourth-order valence-electron chi connectivity index (χ4n) is 1.75. The topological polar surface area (TPSA) is 46.5 Å². The van der Waals surface area contributed by atoms with Crippen LogP contribution in [-0.4, -0.2) is 17.5 Å². The zero-order valence-corrected chi connectivity index (χ0v) is 10.6. The number of aliphatic hydroxyl groups excluding tert-OH is 1. The molecule has 0 saturated heterocycles. The van der Waals surface area contributed by atoms with E-state index in [1.165, 1.54) is 0 Å². The molecule has 0 fully saturated rings. The Bertz CT molecular complexity index is 535. The smallest absolute Gasteiger partial charge is 0.165 e. The zero-order chi connectivity index (χ0) is 13.5. The fraction of sp³-hybridized carbons (Fsp3) is 0.188. The molecule has 0 radical (unpaired) electrons. The minimum absolute atomic E-state index is 0.0762. The number of benzene rings is 2. The van der Waals surface area contributed by atoms with E-state index >= 15 is 0 Å². The van der Waals surface area contributed by atoms with Gasteiger partial charge in [-0.1, -0.05) is 42.5 Å². The van der Waals surface area contributed by atoms with Gasteiger partial charge in [0.15, 0.2) is 5.78 Å². The Morgan fingerprint density at radius 3 is 2.58 bits per heavy atom. The van der Waals surface area contributed by atoms with Crippen LogP contribution in [-0.2, 0) is 6.61 Å². The van der Waals surface area contributed by atoms with Crippen LogP contribution in [0.5, 0.6) is 5.75 Å². The Morgan fingerprint density at radius 2 is 1.84 bits per heavy atom. The van der Waals surface area contributed by atoms with E-state index < -0.39 is 0 Å². The molecule has 0 unspecified atom stereocenters. The third kappa shape index (κ3) is 3.93. The monoisotopic (exact) mass is 256 g/mol. The Morgan fingerprint density at radius 1 is 1.05 bits per heavy atom. The van der Waals surface area contributed by atoms with Crippen molar-refractivity contribution in [3.05, 3.63) is 65.7 Å². The average molecular weight is 256 g/mol. The van der Waals surface area contributed by atoms with Crippen molar-refractivity contribution in [2.24, 2.45) is 0 Å². The zero-order valence-electron chi connectivity index (χ0n) is 10.6. The molecule has 2 aromatic carbocycles. The molecule has 3 nitrogen and oxygen atoms in total. The largest absolute Gasteiger partial charge is 0.489 e. The van der Waals surface area contributed by atoms with E-state index in [1.807, 2.05) is 36.4 Å². The van der Waals surface area contributed by atoms with Crippen LogP contribution in [0.4, 0.5) is 0 Å². The highest BCUT2D eigenvalue weighted by molar-refractivity contribution is 5.96. The van der Waals surface area contributed by atoms with Gasteiger partial charge in [-0.25, -0.2) is 0 Å². The molecule has 0 bridgehead atoms. The summed E-state index contributed by atoms with van der Waals surface area (Å²) in [5, 5.41) is 8.77. The summed E-state index contributed by atoms with van der Waals surface area (Å²) in [6.45, 7) is 0.340. The van der Waals surface area contributed by atoms with E-state index in [0.717, 1.165) is 5.56 Å². The molecule has 19 heavy (non-hydrogen) atoms. The first-order chi connectivity index (χ1) is 9.29. The highest BCUT2D eigenvalue weighted by Gasteiger charge is 2.06. The number of Topliss-reactive ketones (excluding diaryl/α,β-unsaturated/α-hetero) is 1. The Kier molecular flexibility index (Phi) is 4.70. The first-order valence-electron chi connectivity index (χ1n) is 6.20. The summed E-state index contributed by atoms with van der Waals surface area (Å²) >= 11 is 0. The number of hydrogen-bond donors (Lipinski definition) is 1. The number of carbonyl (C=O) groups excluding carboxylic acids is 1. The van der Waals surface area contributed by atoms with Crippen LogP contribution < -0.4 is 4.74 Å². The van der Waals surface area contributed by atoms with Crippen LogP contribution in [0, 0.1) is 0 Å². The molecule has 98 valence electrons. The summed E-state index contributed by atoms with van der Waals surface area (Å²) < 4.78 is 5.65. The molecule has 3 heteroatoms. The predicted molar refractivity (Wildman–Crippen MR) is 73.2 cm³/mol. The van der Waals surface area contributed by atoms with Gasteiger partial charge in [-0.15, -0.1) is 0 Å². The first-order valence-corrected chi connectivity index (χ1v) is 6.20. The molecule has 0 aromatic heterocycles. The van der Waals surface area contributed by atoms with Gasteiger partial charge < -0.3 is 9.84 Å². The standard InChI is InChI=1S/C16H16O3/c17-10-9-16(18)14-7-4-8-15(11-14)19-12-13-5-2-1-3-6-13/h1-8,11,17H,9-10,12H2. The number of ether oxygens (including phenoxy) is 1. The number of carbonyl (C=O) groups is 1. The van der Waals surface area contributed by atoms with E-state index in [9.17, 15) is 4.79 Å². The van der Waals surface area contributed by atoms with Gasteiger partial charge in [-0.3, -0.25) is 4.79 Å². The predicted octanol–water partition coefficient (Wildman–Crippen LogP) is 2.83. The second-order valence-electron chi connectivity index (χ2n) is 4.20. The quantitative estimate of drug-likeness (QED) is 0.808. The maximum atomic E-state index is 11.7. The molecule has 0 heterocycles. The number of ketones is 1. The van der Waals surface area contributed by atoms with Crippen LogP contribution in [0.15, 0.2) is 54.6 Å². The molecule has 0 aliphatic heterocycles. The van der Waals surface area contributed by atoms with Crippen LogP contribution in [0.2, 0.25) is 0 Å². The van der Waals surface area contributed by atoms with Gasteiger partial charge in [0.25, 0.3) is 0 Å². The van der Waals surface area contributed by atoms with Crippen molar-refractivity contribution in [2.45, 2.75) is 13.0 Å². The van der Waals surface area contributed by atoms with Gasteiger partial charge in [0, 0.05) is 12.0 Å². The second kappa shape index (κ2) is 6.71. The van der Waals surface area contributed by atoms with Gasteiger partial charge in [0.1, 0.15) is 12.4 Å². The van der Waals surface area contributed by atoms with E-state index in [0.29, 0.717) is 17.9 Å². The SMILES string of the molecule is O=C(CCO)c1cccc(OCc2ccccc2)c1.